The van der Waals surface area contributed by atoms with Crippen molar-refractivity contribution in [3.8, 4) is 0 Å². The number of hydrogen-bond donors (Lipinski definition) is 0. The first-order valence-electron chi connectivity index (χ1n) is 5.71. The molecule has 0 unspecified atom stereocenters. The molecule has 1 nitrogen and oxygen atoms in total. The average molecular weight is 257 g/mol. The van der Waals surface area contributed by atoms with Gasteiger partial charge in [-0.05, 0) is 36.3 Å². The van der Waals surface area contributed by atoms with Crippen LogP contribution in [0.3, 0.4) is 0 Å². The molecule has 0 spiro atoms. The van der Waals surface area contributed by atoms with Crippen molar-refractivity contribution in [3.05, 3.63) is 76.3 Å². The molecule has 0 aliphatic rings. The summed E-state index contributed by atoms with van der Waals surface area (Å²) in [7, 11) is 0. The maximum atomic E-state index is 12.0. The fourth-order valence-corrected chi connectivity index (χ4v) is 1.91. The van der Waals surface area contributed by atoms with Crippen LogP contribution in [-0.4, -0.2) is 5.78 Å². The lowest BCUT2D eigenvalue weighted by molar-refractivity contribution is 0.104. The summed E-state index contributed by atoms with van der Waals surface area (Å²) in [5.41, 5.74) is 2.55. The van der Waals surface area contributed by atoms with E-state index in [-0.39, 0.29) is 5.78 Å². The number of ketones is 1. The van der Waals surface area contributed by atoms with Gasteiger partial charge in [0.2, 0.25) is 0 Å². The van der Waals surface area contributed by atoms with Gasteiger partial charge in [-0.2, -0.15) is 0 Å². The third-order valence-corrected chi connectivity index (χ3v) is 3.07. The number of rotatable bonds is 3. The molecule has 0 N–H and O–H groups in total. The molecule has 0 atom stereocenters. The quantitative estimate of drug-likeness (QED) is 0.582. The summed E-state index contributed by atoms with van der Waals surface area (Å²) < 4.78 is 0. The Morgan fingerprint density at radius 3 is 2.44 bits per heavy atom. The van der Waals surface area contributed by atoms with E-state index in [1.807, 2.05) is 49.4 Å². The number of allylic oxidation sites excluding steroid dienone is 1. The zero-order chi connectivity index (χ0) is 13.0. The molecule has 2 heteroatoms. The van der Waals surface area contributed by atoms with Gasteiger partial charge in [-0.3, -0.25) is 4.79 Å². The number of carbonyl (C=O) groups excluding carboxylic acids is 1. The van der Waals surface area contributed by atoms with Crippen molar-refractivity contribution >= 4 is 23.5 Å². The van der Waals surface area contributed by atoms with Crippen molar-refractivity contribution in [1.29, 1.82) is 0 Å². The van der Waals surface area contributed by atoms with E-state index in [1.165, 1.54) is 0 Å². The molecular weight excluding hydrogens is 244 g/mol. The number of benzene rings is 2. The molecule has 2 aromatic carbocycles. The first-order valence-corrected chi connectivity index (χ1v) is 6.09. The minimum atomic E-state index is -0.00646. The zero-order valence-electron chi connectivity index (χ0n) is 10.1. The molecule has 0 saturated carbocycles. The molecule has 0 saturated heterocycles. The van der Waals surface area contributed by atoms with Gasteiger partial charge in [0.25, 0.3) is 0 Å². The molecule has 2 aromatic rings. The van der Waals surface area contributed by atoms with Gasteiger partial charge in [0.15, 0.2) is 5.78 Å². The molecule has 0 fully saturated rings. The smallest absolute Gasteiger partial charge is 0.186 e. The van der Waals surface area contributed by atoms with E-state index in [0.29, 0.717) is 5.02 Å². The fraction of sp³-hybridized carbons (Fsp3) is 0.0625. The van der Waals surface area contributed by atoms with E-state index in [2.05, 4.69) is 0 Å². The van der Waals surface area contributed by atoms with Gasteiger partial charge in [0, 0.05) is 10.6 Å². The topological polar surface area (TPSA) is 17.1 Å². The second-order valence-corrected chi connectivity index (χ2v) is 4.44. The average Bonchev–Trinajstić information content (AvgIpc) is 2.38. The Kier molecular flexibility index (Phi) is 3.96. The first-order chi connectivity index (χ1) is 8.68. The van der Waals surface area contributed by atoms with Crippen molar-refractivity contribution in [2.24, 2.45) is 0 Å². The van der Waals surface area contributed by atoms with Gasteiger partial charge in [0.05, 0.1) is 0 Å². The molecule has 90 valence electrons. The van der Waals surface area contributed by atoms with Crippen LogP contribution < -0.4 is 0 Å². The van der Waals surface area contributed by atoms with Gasteiger partial charge in [-0.1, -0.05) is 54.1 Å². The molecule has 0 heterocycles. The zero-order valence-corrected chi connectivity index (χ0v) is 10.8. The van der Waals surface area contributed by atoms with Crippen LogP contribution in [0.5, 0.6) is 0 Å². The van der Waals surface area contributed by atoms with Crippen molar-refractivity contribution in [2.75, 3.05) is 0 Å². The highest BCUT2D eigenvalue weighted by Gasteiger charge is 2.04. The summed E-state index contributed by atoms with van der Waals surface area (Å²) in [6.07, 6.45) is 3.31. The van der Waals surface area contributed by atoms with Gasteiger partial charge in [-0.15, -0.1) is 0 Å². The Balaban J connectivity index is 2.23. The fourth-order valence-electron chi connectivity index (χ4n) is 1.71. The highest BCUT2D eigenvalue weighted by molar-refractivity contribution is 6.32. The minimum absolute atomic E-state index is 0.00646. The third-order valence-electron chi connectivity index (χ3n) is 2.73. The van der Waals surface area contributed by atoms with Crippen LogP contribution in [0.25, 0.3) is 6.08 Å². The third kappa shape index (κ3) is 2.88. The Bertz CT molecular complexity index is 600. The lowest BCUT2D eigenvalue weighted by Crippen LogP contribution is -1.96. The number of aryl methyl sites for hydroxylation is 1. The normalized spacial score (nSPS) is 10.8. The highest BCUT2D eigenvalue weighted by atomic mass is 35.5. The number of carbonyl (C=O) groups is 1. The predicted octanol–water partition coefficient (Wildman–Crippen LogP) is 4.54. The molecule has 0 radical (unpaired) electrons. The second-order valence-electron chi connectivity index (χ2n) is 4.03. The van der Waals surface area contributed by atoms with Gasteiger partial charge in [-0.25, -0.2) is 0 Å². The lowest BCUT2D eigenvalue weighted by Gasteiger charge is -2.00. The molecule has 0 amide bonds. The van der Waals surface area contributed by atoms with Crippen molar-refractivity contribution in [1.82, 2.24) is 0 Å². The highest BCUT2D eigenvalue weighted by Crippen LogP contribution is 2.17. The van der Waals surface area contributed by atoms with Crippen LogP contribution in [0.15, 0.2) is 54.6 Å². The molecule has 2 rings (SSSR count). The van der Waals surface area contributed by atoms with Crippen molar-refractivity contribution in [2.45, 2.75) is 6.92 Å². The molecule has 0 aliphatic carbocycles. The van der Waals surface area contributed by atoms with E-state index in [9.17, 15) is 4.79 Å². The van der Waals surface area contributed by atoms with Gasteiger partial charge < -0.3 is 0 Å². The molecular formula is C16H13ClO. The number of hydrogen-bond acceptors (Lipinski definition) is 1. The Morgan fingerprint density at radius 1 is 1.06 bits per heavy atom. The predicted molar refractivity (Wildman–Crippen MR) is 76.0 cm³/mol. The Morgan fingerprint density at radius 2 is 1.72 bits per heavy atom. The maximum absolute atomic E-state index is 12.0. The number of halogens is 1. The van der Waals surface area contributed by atoms with E-state index in [1.54, 1.807) is 18.2 Å². The van der Waals surface area contributed by atoms with Crippen molar-refractivity contribution < 1.29 is 4.79 Å². The van der Waals surface area contributed by atoms with Crippen molar-refractivity contribution in [3.63, 3.8) is 0 Å². The summed E-state index contributed by atoms with van der Waals surface area (Å²) >= 11 is 6.02. The monoisotopic (exact) mass is 256 g/mol. The second kappa shape index (κ2) is 5.65. The van der Waals surface area contributed by atoms with Gasteiger partial charge >= 0.3 is 0 Å². The van der Waals surface area contributed by atoms with Crippen LogP contribution in [0.2, 0.25) is 5.02 Å². The largest absolute Gasteiger partial charge is 0.289 e. The summed E-state index contributed by atoms with van der Waals surface area (Å²) in [5.74, 6) is -0.00646. The van der Waals surface area contributed by atoms with E-state index in [0.717, 1.165) is 16.7 Å². The standard InChI is InChI=1S/C16H13ClO/c1-12-6-2-4-8-14(12)16(18)11-10-13-7-3-5-9-15(13)17/h2-11H,1H3. The molecule has 18 heavy (non-hydrogen) atoms. The lowest BCUT2D eigenvalue weighted by atomic mass is 10.0. The maximum Gasteiger partial charge on any atom is 0.186 e. The summed E-state index contributed by atoms with van der Waals surface area (Å²) in [6.45, 7) is 1.93. The Hall–Kier alpha value is -1.86. The van der Waals surface area contributed by atoms with E-state index < -0.39 is 0 Å². The van der Waals surface area contributed by atoms with Crippen LogP contribution >= 0.6 is 11.6 Å². The van der Waals surface area contributed by atoms with Crippen LogP contribution in [0.4, 0.5) is 0 Å². The van der Waals surface area contributed by atoms with Crippen LogP contribution in [0.1, 0.15) is 21.5 Å². The molecule has 0 aliphatic heterocycles. The SMILES string of the molecule is Cc1ccccc1C(=O)C=Cc1ccccc1Cl. The summed E-state index contributed by atoms with van der Waals surface area (Å²) in [6, 6.07) is 15.0. The van der Waals surface area contributed by atoms with Crippen LogP contribution in [-0.2, 0) is 0 Å². The Labute approximate surface area is 112 Å². The minimum Gasteiger partial charge on any atom is -0.289 e. The van der Waals surface area contributed by atoms with Crippen LogP contribution in [0, 0.1) is 6.92 Å². The summed E-state index contributed by atoms with van der Waals surface area (Å²) in [5, 5.41) is 0.645. The van der Waals surface area contributed by atoms with Gasteiger partial charge in [0.1, 0.15) is 0 Å². The first kappa shape index (κ1) is 12.6. The summed E-state index contributed by atoms with van der Waals surface area (Å²) in [4.78, 5) is 12.0. The van der Waals surface area contributed by atoms with E-state index >= 15 is 0 Å². The molecule has 0 aromatic heterocycles. The molecule has 0 bridgehead atoms. The van der Waals surface area contributed by atoms with E-state index in [4.69, 9.17) is 11.6 Å².